The number of nitrogens with two attached hydrogens (primary N) is 1. The van der Waals surface area contributed by atoms with E-state index in [1.165, 1.54) is 32.0 Å². The van der Waals surface area contributed by atoms with Gasteiger partial charge < -0.3 is 25.3 Å². The van der Waals surface area contributed by atoms with Crippen molar-refractivity contribution in [3.63, 3.8) is 0 Å². The van der Waals surface area contributed by atoms with Crippen LogP contribution in [0.25, 0.3) is 0 Å². The number of imidazole rings is 1. The standard InChI is InChI=1S/C20H32N4O4/c1-2-3-4-5-6-7-8-9-14(11-21)19-18(20(22)27)23-13-24(19)17-10-15(26)16(12-25)28-17/h13-17,25-26H,2-10,12H2,1H3,(H2,22,27)/t14?,15-,16+,17-/m0/s1. The number of carbonyl (C=O) groups excluding carboxylic acids is 1. The molecular formula is C20H32N4O4. The summed E-state index contributed by atoms with van der Waals surface area (Å²) in [7, 11) is 0. The van der Waals surface area contributed by atoms with Crippen LogP contribution in [0.15, 0.2) is 6.33 Å². The van der Waals surface area contributed by atoms with Crippen molar-refractivity contribution in [3.8, 4) is 6.07 Å². The predicted molar refractivity (Wildman–Crippen MR) is 103 cm³/mol. The fourth-order valence-electron chi connectivity index (χ4n) is 3.75. The smallest absolute Gasteiger partial charge is 0.269 e. The molecule has 8 heteroatoms. The number of carbonyl (C=O) groups is 1. The lowest BCUT2D eigenvalue weighted by molar-refractivity contribution is -0.0453. The molecule has 4 N–H and O–H groups in total. The van der Waals surface area contributed by atoms with Gasteiger partial charge in [0.25, 0.3) is 5.91 Å². The maximum absolute atomic E-state index is 11.8. The Morgan fingerprint density at radius 3 is 2.64 bits per heavy atom. The minimum Gasteiger partial charge on any atom is -0.394 e. The molecule has 0 aliphatic carbocycles. The number of amides is 1. The van der Waals surface area contributed by atoms with Crippen LogP contribution in [0.4, 0.5) is 0 Å². The number of nitriles is 1. The first kappa shape index (κ1) is 22.3. The van der Waals surface area contributed by atoms with Crippen LogP contribution >= 0.6 is 0 Å². The molecule has 1 unspecified atom stereocenters. The number of hydrogen-bond donors (Lipinski definition) is 3. The van der Waals surface area contributed by atoms with E-state index < -0.39 is 30.3 Å². The fourth-order valence-corrected chi connectivity index (χ4v) is 3.75. The Labute approximate surface area is 166 Å². The number of aliphatic hydroxyl groups excluding tert-OH is 2. The molecule has 156 valence electrons. The van der Waals surface area contributed by atoms with Crippen LogP contribution in [0.3, 0.4) is 0 Å². The molecule has 28 heavy (non-hydrogen) atoms. The highest BCUT2D eigenvalue weighted by Gasteiger charge is 2.37. The molecule has 4 atom stereocenters. The van der Waals surface area contributed by atoms with Crippen LogP contribution in [-0.2, 0) is 4.74 Å². The molecule has 0 spiro atoms. The van der Waals surface area contributed by atoms with Crippen LogP contribution in [-0.4, -0.2) is 44.5 Å². The summed E-state index contributed by atoms with van der Waals surface area (Å²) in [4.78, 5) is 15.9. The van der Waals surface area contributed by atoms with E-state index in [0.29, 0.717) is 12.1 Å². The van der Waals surface area contributed by atoms with E-state index in [-0.39, 0.29) is 18.7 Å². The molecule has 0 bridgehead atoms. The second-order valence-corrected chi connectivity index (χ2v) is 7.46. The number of primary amides is 1. The minimum atomic E-state index is -0.814. The average molecular weight is 393 g/mol. The molecule has 0 aromatic carbocycles. The SMILES string of the molecule is CCCCCCCCCC(C#N)c1c(C(N)=O)ncn1[C@@H]1C[C@H](O)[C@@H](CO)O1. The van der Waals surface area contributed by atoms with Gasteiger partial charge in [-0.15, -0.1) is 0 Å². The van der Waals surface area contributed by atoms with Crippen molar-refractivity contribution in [2.75, 3.05) is 6.61 Å². The Kier molecular flexibility index (Phi) is 8.90. The highest BCUT2D eigenvalue weighted by atomic mass is 16.5. The van der Waals surface area contributed by atoms with Gasteiger partial charge >= 0.3 is 0 Å². The molecule has 8 nitrogen and oxygen atoms in total. The van der Waals surface area contributed by atoms with Crippen molar-refractivity contribution in [3.05, 3.63) is 17.7 Å². The summed E-state index contributed by atoms with van der Waals surface area (Å²) in [6.45, 7) is 1.89. The van der Waals surface area contributed by atoms with E-state index in [9.17, 15) is 20.3 Å². The number of aliphatic hydroxyl groups is 2. The van der Waals surface area contributed by atoms with E-state index in [1.54, 1.807) is 4.57 Å². The van der Waals surface area contributed by atoms with Gasteiger partial charge in [-0.3, -0.25) is 4.79 Å². The first-order valence-electron chi connectivity index (χ1n) is 10.2. The maximum atomic E-state index is 11.8. The zero-order valence-electron chi connectivity index (χ0n) is 16.6. The Bertz CT molecular complexity index is 670. The number of unbranched alkanes of at least 4 members (excludes halogenated alkanes) is 6. The Morgan fingerprint density at radius 1 is 1.39 bits per heavy atom. The Morgan fingerprint density at radius 2 is 2.07 bits per heavy atom. The summed E-state index contributed by atoms with van der Waals surface area (Å²) in [6.07, 6.45) is 8.15. The molecule has 1 aromatic rings. The third kappa shape index (κ3) is 5.53. The quantitative estimate of drug-likeness (QED) is 0.467. The summed E-state index contributed by atoms with van der Waals surface area (Å²) in [5, 5.41) is 29.0. The zero-order valence-corrected chi connectivity index (χ0v) is 16.6. The van der Waals surface area contributed by atoms with Gasteiger partial charge in [0.2, 0.25) is 0 Å². The van der Waals surface area contributed by atoms with Crippen molar-refractivity contribution < 1.29 is 19.7 Å². The van der Waals surface area contributed by atoms with Gasteiger partial charge in [-0.1, -0.05) is 51.9 Å². The van der Waals surface area contributed by atoms with E-state index >= 15 is 0 Å². The van der Waals surface area contributed by atoms with Crippen LogP contribution < -0.4 is 5.73 Å². The highest BCUT2D eigenvalue weighted by molar-refractivity contribution is 5.92. The van der Waals surface area contributed by atoms with Gasteiger partial charge in [-0.25, -0.2) is 4.98 Å². The van der Waals surface area contributed by atoms with Crippen molar-refractivity contribution in [2.24, 2.45) is 5.73 Å². The summed E-state index contributed by atoms with van der Waals surface area (Å²) >= 11 is 0. The highest BCUT2D eigenvalue weighted by Crippen LogP contribution is 2.34. The first-order chi connectivity index (χ1) is 13.5. The Balaban J connectivity index is 2.07. The molecule has 1 aliphatic heterocycles. The van der Waals surface area contributed by atoms with E-state index in [4.69, 9.17) is 10.5 Å². The largest absolute Gasteiger partial charge is 0.394 e. The molecule has 0 radical (unpaired) electrons. The number of ether oxygens (including phenoxy) is 1. The van der Waals surface area contributed by atoms with E-state index in [0.717, 1.165) is 19.3 Å². The van der Waals surface area contributed by atoms with Crippen molar-refractivity contribution >= 4 is 5.91 Å². The Hall–Kier alpha value is -1.95. The molecule has 1 fully saturated rings. The summed E-state index contributed by atoms with van der Waals surface area (Å²) in [5.41, 5.74) is 5.98. The van der Waals surface area contributed by atoms with Gasteiger partial charge in [-0.2, -0.15) is 5.26 Å². The zero-order chi connectivity index (χ0) is 20.5. The maximum Gasteiger partial charge on any atom is 0.269 e. The monoisotopic (exact) mass is 392 g/mol. The van der Waals surface area contributed by atoms with Gasteiger partial charge in [0, 0.05) is 6.42 Å². The normalized spacial score (nSPS) is 22.9. The lowest BCUT2D eigenvalue weighted by atomic mass is 9.96. The molecule has 1 aromatic heterocycles. The minimum absolute atomic E-state index is 0.0695. The molecule has 1 amide bonds. The van der Waals surface area contributed by atoms with Crippen molar-refractivity contribution in [1.82, 2.24) is 9.55 Å². The van der Waals surface area contributed by atoms with Gasteiger partial charge in [0.15, 0.2) is 5.69 Å². The molecular weight excluding hydrogens is 360 g/mol. The van der Waals surface area contributed by atoms with Crippen molar-refractivity contribution in [2.45, 2.75) is 89.1 Å². The summed E-state index contributed by atoms with van der Waals surface area (Å²) in [5.74, 6) is -1.22. The molecule has 2 rings (SSSR count). The van der Waals surface area contributed by atoms with Crippen molar-refractivity contribution in [1.29, 1.82) is 5.26 Å². The third-order valence-electron chi connectivity index (χ3n) is 5.34. The van der Waals surface area contributed by atoms with Crippen LogP contribution in [0.2, 0.25) is 0 Å². The molecule has 0 saturated carbocycles. The fraction of sp³-hybridized carbons (Fsp3) is 0.750. The predicted octanol–water partition coefficient (Wildman–Crippen LogP) is 2.37. The van der Waals surface area contributed by atoms with E-state index in [1.807, 2.05) is 0 Å². The van der Waals surface area contributed by atoms with Crippen LogP contribution in [0.5, 0.6) is 0 Å². The van der Waals surface area contributed by atoms with Crippen LogP contribution in [0.1, 0.15) is 93.0 Å². The average Bonchev–Trinajstić information content (AvgIpc) is 3.27. The van der Waals surface area contributed by atoms with Gasteiger partial charge in [0.05, 0.1) is 36.7 Å². The molecule has 2 heterocycles. The summed E-state index contributed by atoms with van der Waals surface area (Å²) in [6, 6.07) is 2.28. The number of rotatable bonds is 12. The van der Waals surface area contributed by atoms with Crippen LogP contribution in [0, 0.1) is 11.3 Å². The lowest BCUT2D eigenvalue weighted by Gasteiger charge is -2.19. The third-order valence-corrected chi connectivity index (χ3v) is 5.34. The second-order valence-electron chi connectivity index (χ2n) is 7.46. The van der Waals surface area contributed by atoms with E-state index in [2.05, 4.69) is 18.0 Å². The number of nitrogens with zero attached hydrogens (tertiary/aromatic N) is 3. The number of aromatic nitrogens is 2. The topological polar surface area (TPSA) is 134 Å². The molecule has 1 aliphatic rings. The summed E-state index contributed by atoms with van der Waals surface area (Å²) < 4.78 is 7.30. The van der Waals surface area contributed by atoms with Gasteiger partial charge in [0.1, 0.15) is 12.3 Å². The first-order valence-corrected chi connectivity index (χ1v) is 10.2. The lowest BCUT2D eigenvalue weighted by Crippen LogP contribution is -2.24. The second kappa shape index (κ2) is 11.1. The van der Waals surface area contributed by atoms with Gasteiger partial charge in [-0.05, 0) is 6.42 Å². The number of hydrogen-bond acceptors (Lipinski definition) is 6. The molecule has 1 saturated heterocycles.